The molecule has 1 saturated heterocycles. The van der Waals surface area contributed by atoms with Gasteiger partial charge in [0.1, 0.15) is 12.7 Å². The summed E-state index contributed by atoms with van der Waals surface area (Å²) in [6, 6.07) is 14.2. The highest BCUT2D eigenvalue weighted by atomic mass is 35.5. The highest BCUT2D eigenvalue weighted by Crippen LogP contribution is 2.42. The summed E-state index contributed by atoms with van der Waals surface area (Å²) in [4.78, 5) is 27.7. The summed E-state index contributed by atoms with van der Waals surface area (Å²) in [6.07, 6.45) is 1.14. The number of morpholine rings is 1. The topological polar surface area (TPSA) is 113 Å². The summed E-state index contributed by atoms with van der Waals surface area (Å²) in [5.41, 5.74) is 1.80. The summed E-state index contributed by atoms with van der Waals surface area (Å²) in [7, 11) is 0. The molecule has 3 atom stereocenters. The molecule has 1 aromatic heterocycles. The molecule has 0 spiro atoms. The van der Waals surface area contributed by atoms with E-state index in [9.17, 15) is 9.59 Å². The van der Waals surface area contributed by atoms with Crippen LogP contribution in [-0.2, 0) is 20.7 Å². The average molecular weight is 517 g/mol. The third kappa shape index (κ3) is 6.17. The third-order valence-corrected chi connectivity index (χ3v) is 6.44. The zero-order valence-electron chi connectivity index (χ0n) is 19.2. The molecule has 0 unspecified atom stereocenters. The van der Waals surface area contributed by atoms with Gasteiger partial charge in [-0.15, -0.1) is 5.10 Å². The number of halogens is 2. The van der Waals surface area contributed by atoms with E-state index in [1.165, 1.54) is 0 Å². The Balaban J connectivity index is 1.64. The van der Waals surface area contributed by atoms with Gasteiger partial charge in [-0.2, -0.15) is 0 Å². The van der Waals surface area contributed by atoms with Gasteiger partial charge in [-0.05, 0) is 52.2 Å². The van der Waals surface area contributed by atoms with Gasteiger partial charge in [0.2, 0.25) is 11.8 Å². The molecule has 0 radical (unpaired) electrons. The number of aromatic amines is 1. The van der Waals surface area contributed by atoms with Crippen molar-refractivity contribution in [3.05, 3.63) is 75.5 Å². The Morgan fingerprint density at radius 1 is 1.14 bits per heavy atom. The first-order chi connectivity index (χ1) is 17.0. The van der Waals surface area contributed by atoms with Crippen molar-refractivity contribution in [2.45, 2.75) is 44.4 Å². The predicted octanol–water partition coefficient (Wildman–Crippen LogP) is 3.68. The van der Waals surface area contributed by atoms with E-state index in [1.54, 1.807) is 12.1 Å². The van der Waals surface area contributed by atoms with E-state index in [2.05, 4.69) is 25.9 Å². The monoisotopic (exact) mass is 516 g/mol. The van der Waals surface area contributed by atoms with Gasteiger partial charge in [0.05, 0.1) is 12.5 Å². The van der Waals surface area contributed by atoms with E-state index < -0.39 is 12.1 Å². The fourth-order valence-corrected chi connectivity index (χ4v) is 4.61. The standard InChI is InChI=1S/C24H26Cl2N6O3/c1-2-3-19(13-27-21(33)12-20-28-30-31-29-20)32-22(34)14-35-24(16-6-10-18(26)11-7-16)23(32)15-4-8-17(25)9-5-15/h4-11,19,23-24H,2-3,12-14H2,1H3,(H,27,33)(H,28,29,30,31)/t19-,23-,24+/m1/s1. The summed E-state index contributed by atoms with van der Waals surface area (Å²) in [5, 5.41) is 17.5. The number of benzene rings is 2. The second-order valence-corrected chi connectivity index (χ2v) is 9.22. The summed E-state index contributed by atoms with van der Waals surface area (Å²) >= 11 is 12.3. The lowest BCUT2D eigenvalue weighted by Crippen LogP contribution is -2.54. The maximum atomic E-state index is 13.3. The molecule has 1 aliphatic heterocycles. The van der Waals surface area contributed by atoms with Crippen molar-refractivity contribution < 1.29 is 14.3 Å². The molecule has 0 aliphatic carbocycles. The lowest BCUT2D eigenvalue weighted by molar-refractivity contribution is -0.163. The molecule has 11 heteroatoms. The summed E-state index contributed by atoms with van der Waals surface area (Å²) in [5.74, 6) is 0.00351. The fourth-order valence-electron chi connectivity index (χ4n) is 4.36. The van der Waals surface area contributed by atoms with E-state index in [0.717, 1.165) is 17.5 Å². The number of hydrogen-bond donors (Lipinski definition) is 2. The number of carbonyl (C=O) groups is 2. The van der Waals surface area contributed by atoms with E-state index in [4.69, 9.17) is 27.9 Å². The highest BCUT2D eigenvalue weighted by molar-refractivity contribution is 6.30. The summed E-state index contributed by atoms with van der Waals surface area (Å²) < 4.78 is 6.09. The molecule has 4 rings (SSSR count). The molecule has 0 saturated carbocycles. The van der Waals surface area contributed by atoms with Crippen LogP contribution in [0.5, 0.6) is 0 Å². The highest BCUT2D eigenvalue weighted by Gasteiger charge is 2.42. The Bertz CT molecular complexity index is 1130. The molecule has 1 fully saturated rings. The second kappa shape index (κ2) is 11.6. The molecule has 0 bridgehead atoms. The molecule has 1 aliphatic rings. The number of nitrogens with one attached hydrogen (secondary N) is 2. The van der Waals surface area contributed by atoms with E-state index in [0.29, 0.717) is 22.3 Å². The van der Waals surface area contributed by atoms with E-state index >= 15 is 0 Å². The summed E-state index contributed by atoms with van der Waals surface area (Å²) in [6.45, 7) is 2.28. The lowest BCUT2D eigenvalue weighted by Gasteiger charge is -2.45. The van der Waals surface area contributed by atoms with Gasteiger partial charge in [0.25, 0.3) is 0 Å². The number of aromatic nitrogens is 4. The number of H-pyrrole nitrogens is 1. The van der Waals surface area contributed by atoms with Gasteiger partial charge in [0.15, 0.2) is 5.82 Å². The normalized spacial score (nSPS) is 18.9. The fraction of sp³-hybridized carbons (Fsp3) is 0.375. The van der Waals surface area contributed by atoms with Crippen molar-refractivity contribution in [2.24, 2.45) is 0 Å². The predicted molar refractivity (Wildman–Crippen MR) is 131 cm³/mol. The first-order valence-electron chi connectivity index (χ1n) is 11.4. The maximum Gasteiger partial charge on any atom is 0.249 e. The minimum Gasteiger partial charge on any atom is -0.361 e. The Kier molecular flexibility index (Phi) is 8.33. The molecule has 2 amide bonds. The van der Waals surface area contributed by atoms with Crippen molar-refractivity contribution in [3.63, 3.8) is 0 Å². The quantitative estimate of drug-likeness (QED) is 0.448. The van der Waals surface area contributed by atoms with Crippen LogP contribution in [0.3, 0.4) is 0 Å². The van der Waals surface area contributed by atoms with Crippen molar-refractivity contribution in [1.29, 1.82) is 0 Å². The smallest absolute Gasteiger partial charge is 0.249 e. The van der Waals surface area contributed by atoms with Gasteiger partial charge in [-0.25, -0.2) is 5.10 Å². The Hall–Kier alpha value is -3.01. The van der Waals surface area contributed by atoms with Crippen molar-refractivity contribution >= 4 is 35.0 Å². The Morgan fingerprint density at radius 3 is 2.40 bits per heavy atom. The Morgan fingerprint density at radius 2 is 1.80 bits per heavy atom. The molecule has 3 aromatic rings. The van der Waals surface area contributed by atoms with Gasteiger partial charge < -0.3 is 15.0 Å². The largest absolute Gasteiger partial charge is 0.361 e. The van der Waals surface area contributed by atoms with Crippen LogP contribution >= 0.6 is 23.2 Å². The molecule has 9 nitrogen and oxygen atoms in total. The van der Waals surface area contributed by atoms with E-state index in [1.807, 2.05) is 48.2 Å². The van der Waals surface area contributed by atoms with Crippen molar-refractivity contribution in [3.8, 4) is 0 Å². The van der Waals surface area contributed by atoms with Gasteiger partial charge in [-0.3, -0.25) is 9.59 Å². The second-order valence-electron chi connectivity index (χ2n) is 8.35. The minimum atomic E-state index is -0.415. The first-order valence-corrected chi connectivity index (χ1v) is 12.1. The van der Waals surface area contributed by atoms with Crippen LogP contribution in [0.1, 0.15) is 48.9 Å². The van der Waals surface area contributed by atoms with Crippen LogP contribution in [-0.4, -0.2) is 56.5 Å². The first kappa shape index (κ1) is 25.1. The van der Waals surface area contributed by atoms with Crippen LogP contribution in [0, 0.1) is 0 Å². The zero-order chi connectivity index (χ0) is 24.8. The molecule has 35 heavy (non-hydrogen) atoms. The van der Waals surface area contributed by atoms with Gasteiger partial charge >= 0.3 is 0 Å². The molecule has 2 aromatic carbocycles. The molecule has 2 heterocycles. The van der Waals surface area contributed by atoms with Crippen LogP contribution in [0.25, 0.3) is 0 Å². The van der Waals surface area contributed by atoms with Crippen molar-refractivity contribution in [1.82, 2.24) is 30.8 Å². The number of amides is 2. The van der Waals surface area contributed by atoms with Crippen LogP contribution in [0.2, 0.25) is 10.0 Å². The van der Waals surface area contributed by atoms with Crippen LogP contribution < -0.4 is 5.32 Å². The molecular formula is C24H26Cl2N6O3. The number of ether oxygens (including phenoxy) is 1. The van der Waals surface area contributed by atoms with E-state index in [-0.39, 0.29) is 37.4 Å². The SMILES string of the molecule is CCC[C@H](CNC(=O)Cc1nnn[nH]1)N1C(=O)CO[C@@H](c2ccc(Cl)cc2)[C@H]1c1ccc(Cl)cc1. The van der Waals surface area contributed by atoms with Gasteiger partial charge in [-0.1, -0.05) is 60.8 Å². The molecular weight excluding hydrogens is 491 g/mol. The molecule has 184 valence electrons. The average Bonchev–Trinajstić information content (AvgIpc) is 3.36. The number of nitrogens with zero attached hydrogens (tertiary/aromatic N) is 4. The third-order valence-electron chi connectivity index (χ3n) is 5.94. The zero-order valence-corrected chi connectivity index (χ0v) is 20.7. The lowest BCUT2D eigenvalue weighted by atomic mass is 9.90. The number of tetrazole rings is 1. The minimum absolute atomic E-state index is 0.0247. The number of carbonyl (C=O) groups excluding carboxylic acids is 2. The van der Waals surface area contributed by atoms with Crippen LogP contribution in [0.4, 0.5) is 0 Å². The Labute approximate surface area is 213 Å². The van der Waals surface area contributed by atoms with Gasteiger partial charge in [0, 0.05) is 22.6 Å². The number of rotatable bonds is 9. The maximum absolute atomic E-state index is 13.3. The number of hydrogen-bond acceptors (Lipinski definition) is 6. The van der Waals surface area contributed by atoms with Crippen LogP contribution in [0.15, 0.2) is 48.5 Å². The van der Waals surface area contributed by atoms with Crippen molar-refractivity contribution in [2.75, 3.05) is 13.2 Å². The molecule has 2 N–H and O–H groups in total.